The zero-order valence-electron chi connectivity index (χ0n) is 10.7. The van der Waals surface area contributed by atoms with Crippen molar-refractivity contribution in [2.24, 2.45) is 5.92 Å². The van der Waals surface area contributed by atoms with Crippen LogP contribution in [0.3, 0.4) is 0 Å². The van der Waals surface area contributed by atoms with Gasteiger partial charge in [0.1, 0.15) is 5.82 Å². The van der Waals surface area contributed by atoms with Crippen LogP contribution in [0.15, 0.2) is 18.2 Å². The Balaban J connectivity index is 1.98. The minimum Gasteiger partial charge on any atom is -0.462 e. The second kappa shape index (κ2) is 5.81. The number of ether oxygens (including phenoxy) is 1. The van der Waals surface area contributed by atoms with E-state index in [0.717, 1.165) is 25.3 Å². The molecular formula is C14H14F4O2. The van der Waals surface area contributed by atoms with Crippen molar-refractivity contribution in [1.82, 2.24) is 0 Å². The van der Waals surface area contributed by atoms with Crippen molar-refractivity contribution in [3.05, 3.63) is 35.1 Å². The van der Waals surface area contributed by atoms with Crippen LogP contribution in [0.2, 0.25) is 0 Å². The van der Waals surface area contributed by atoms with Gasteiger partial charge in [0.15, 0.2) is 0 Å². The predicted molar refractivity (Wildman–Crippen MR) is 63.6 cm³/mol. The van der Waals surface area contributed by atoms with Crippen LogP contribution in [-0.4, -0.2) is 12.6 Å². The average Bonchev–Trinajstić information content (AvgIpc) is 2.31. The average molecular weight is 290 g/mol. The summed E-state index contributed by atoms with van der Waals surface area (Å²) in [6.07, 6.45) is -0.727. The number of carbonyl (C=O) groups is 1. The molecule has 0 saturated heterocycles. The van der Waals surface area contributed by atoms with Gasteiger partial charge >= 0.3 is 12.1 Å². The molecule has 6 heteroatoms. The molecule has 0 heterocycles. The fourth-order valence-electron chi connectivity index (χ4n) is 2.05. The highest BCUT2D eigenvalue weighted by Crippen LogP contribution is 2.32. The van der Waals surface area contributed by atoms with Crippen LogP contribution in [-0.2, 0) is 10.9 Å². The van der Waals surface area contributed by atoms with Gasteiger partial charge in [-0.05, 0) is 30.5 Å². The standard InChI is InChI=1S/C14H14F4O2/c15-12-5-4-10(8-11(12)14(16,17)18)13(19)20-7-6-9-2-1-3-9/h4-5,8-9H,1-3,6-7H2. The summed E-state index contributed by atoms with van der Waals surface area (Å²) in [5.41, 5.74) is -1.74. The van der Waals surface area contributed by atoms with Crippen molar-refractivity contribution in [2.45, 2.75) is 31.9 Å². The van der Waals surface area contributed by atoms with Crippen molar-refractivity contribution < 1.29 is 27.1 Å². The van der Waals surface area contributed by atoms with Crippen LogP contribution in [0.5, 0.6) is 0 Å². The van der Waals surface area contributed by atoms with Gasteiger partial charge in [-0.15, -0.1) is 0 Å². The minimum absolute atomic E-state index is 0.183. The Bertz CT molecular complexity index is 492. The molecule has 1 aromatic rings. The van der Waals surface area contributed by atoms with Crippen molar-refractivity contribution >= 4 is 5.97 Å². The first-order chi connectivity index (χ1) is 9.38. The van der Waals surface area contributed by atoms with Gasteiger partial charge in [-0.25, -0.2) is 9.18 Å². The molecule has 2 nitrogen and oxygen atoms in total. The van der Waals surface area contributed by atoms with Gasteiger partial charge in [-0.2, -0.15) is 13.2 Å². The molecular weight excluding hydrogens is 276 g/mol. The molecule has 0 spiro atoms. The third-order valence-corrected chi connectivity index (χ3v) is 3.49. The third-order valence-electron chi connectivity index (χ3n) is 3.49. The van der Waals surface area contributed by atoms with E-state index in [4.69, 9.17) is 4.74 Å². The van der Waals surface area contributed by atoms with Crippen LogP contribution in [0.4, 0.5) is 17.6 Å². The summed E-state index contributed by atoms with van der Waals surface area (Å²) in [7, 11) is 0. The van der Waals surface area contributed by atoms with Crippen molar-refractivity contribution in [3.8, 4) is 0 Å². The van der Waals surface area contributed by atoms with Gasteiger partial charge < -0.3 is 4.74 Å². The summed E-state index contributed by atoms with van der Waals surface area (Å²) in [5, 5.41) is 0. The molecule has 20 heavy (non-hydrogen) atoms. The number of benzene rings is 1. The number of hydrogen-bond donors (Lipinski definition) is 0. The molecule has 0 unspecified atom stereocenters. The van der Waals surface area contributed by atoms with Crippen molar-refractivity contribution in [2.75, 3.05) is 6.61 Å². The van der Waals surface area contributed by atoms with Gasteiger partial charge in [-0.3, -0.25) is 0 Å². The maximum Gasteiger partial charge on any atom is 0.419 e. The zero-order chi connectivity index (χ0) is 14.8. The Morgan fingerprint density at radius 1 is 1.30 bits per heavy atom. The Hall–Kier alpha value is -1.59. The fraction of sp³-hybridized carbons (Fsp3) is 0.500. The number of esters is 1. The van der Waals surface area contributed by atoms with E-state index in [1.165, 1.54) is 6.42 Å². The predicted octanol–water partition coefficient (Wildman–Crippen LogP) is 4.19. The van der Waals surface area contributed by atoms with Crippen LogP contribution < -0.4 is 0 Å². The number of alkyl halides is 3. The summed E-state index contributed by atoms with van der Waals surface area (Å²) in [4.78, 5) is 11.6. The molecule has 0 atom stereocenters. The third kappa shape index (κ3) is 3.49. The Morgan fingerprint density at radius 3 is 2.55 bits per heavy atom. The molecule has 0 radical (unpaired) electrons. The van der Waals surface area contributed by atoms with E-state index in [1.807, 2.05) is 0 Å². The topological polar surface area (TPSA) is 26.3 Å². The van der Waals surface area contributed by atoms with Crippen molar-refractivity contribution in [3.63, 3.8) is 0 Å². The fourth-order valence-corrected chi connectivity index (χ4v) is 2.05. The maximum atomic E-state index is 13.1. The molecule has 0 aromatic heterocycles. The Morgan fingerprint density at radius 2 is 2.00 bits per heavy atom. The normalized spacial score (nSPS) is 15.8. The van der Waals surface area contributed by atoms with E-state index in [9.17, 15) is 22.4 Å². The van der Waals surface area contributed by atoms with Gasteiger partial charge in [-0.1, -0.05) is 19.3 Å². The van der Waals surface area contributed by atoms with Gasteiger partial charge in [0.05, 0.1) is 17.7 Å². The number of carbonyl (C=O) groups excluding carboxylic acids is 1. The van der Waals surface area contributed by atoms with Crippen LogP contribution in [0.25, 0.3) is 0 Å². The van der Waals surface area contributed by atoms with E-state index >= 15 is 0 Å². The second-order valence-corrected chi connectivity index (χ2v) is 4.91. The number of rotatable bonds is 4. The molecule has 1 fully saturated rings. The first kappa shape index (κ1) is 14.8. The Labute approximate surface area is 113 Å². The highest BCUT2D eigenvalue weighted by molar-refractivity contribution is 5.89. The molecule has 0 aliphatic heterocycles. The van der Waals surface area contributed by atoms with Crippen LogP contribution in [0, 0.1) is 11.7 Å². The van der Waals surface area contributed by atoms with Gasteiger partial charge in [0, 0.05) is 0 Å². The zero-order valence-corrected chi connectivity index (χ0v) is 10.7. The lowest BCUT2D eigenvalue weighted by Crippen LogP contribution is -2.16. The monoisotopic (exact) mass is 290 g/mol. The molecule has 0 bridgehead atoms. The summed E-state index contributed by atoms with van der Waals surface area (Å²) in [6.45, 7) is 0.183. The SMILES string of the molecule is O=C(OCCC1CCC1)c1ccc(F)c(C(F)(F)F)c1. The molecule has 2 rings (SSSR count). The quantitative estimate of drug-likeness (QED) is 0.614. The molecule has 1 aliphatic rings. The first-order valence-electron chi connectivity index (χ1n) is 6.42. The summed E-state index contributed by atoms with van der Waals surface area (Å²) in [5.74, 6) is -1.71. The highest BCUT2D eigenvalue weighted by atomic mass is 19.4. The van der Waals surface area contributed by atoms with E-state index in [-0.39, 0.29) is 12.2 Å². The Kier molecular flexibility index (Phi) is 4.30. The van der Waals surface area contributed by atoms with Crippen molar-refractivity contribution in [1.29, 1.82) is 0 Å². The van der Waals surface area contributed by atoms with E-state index in [2.05, 4.69) is 0 Å². The molecule has 0 amide bonds. The van der Waals surface area contributed by atoms with E-state index < -0.39 is 23.5 Å². The van der Waals surface area contributed by atoms with Gasteiger partial charge in [0.25, 0.3) is 0 Å². The highest BCUT2D eigenvalue weighted by Gasteiger charge is 2.34. The largest absolute Gasteiger partial charge is 0.462 e. The minimum atomic E-state index is -4.83. The summed E-state index contributed by atoms with van der Waals surface area (Å²) in [6, 6.07) is 2.11. The van der Waals surface area contributed by atoms with E-state index in [1.54, 1.807) is 0 Å². The van der Waals surface area contributed by atoms with E-state index in [0.29, 0.717) is 18.1 Å². The number of halogens is 4. The molecule has 110 valence electrons. The first-order valence-corrected chi connectivity index (χ1v) is 6.42. The lowest BCUT2D eigenvalue weighted by Gasteiger charge is -2.24. The molecule has 1 saturated carbocycles. The maximum absolute atomic E-state index is 13.1. The molecule has 1 aliphatic carbocycles. The molecule has 0 N–H and O–H groups in total. The lowest BCUT2D eigenvalue weighted by molar-refractivity contribution is -0.140. The van der Waals surface area contributed by atoms with Crippen LogP contribution >= 0.6 is 0 Å². The van der Waals surface area contributed by atoms with Crippen LogP contribution in [0.1, 0.15) is 41.6 Å². The molecule has 1 aromatic carbocycles. The lowest BCUT2D eigenvalue weighted by atomic mass is 9.83. The second-order valence-electron chi connectivity index (χ2n) is 4.91. The number of hydrogen-bond acceptors (Lipinski definition) is 2. The smallest absolute Gasteiger partial charge is 0.419 e. The summed E-state index contributed by atoms with van der Waals surface area (Å²) >= 11 is 0. The van der Waals surface area contributed by atoms with Gasteiger partial charge in [0.2, 0.25) is 0 Å². The summed E-state index contributed by atoms with van der Waals surface area (Å²) < 4.78 is 55.5.